The van der Waals surface area contributed by atoms with Gasteiger partial charge < -0.3 is 30.6 Å². The lowest BCUT2D eigenvalue weighted by Crippen LogP contribution is -2.43. The molecule has 0 aromatic heterocycles. The van der Waals surface area contributed by atoms with Crippen molar-refractivity contribution in [3.05, 3.63) is 0 Å². The fourth-order valence-corrected chi connectivity index (χ4v) is 3.52. The van der Waals surface area contributed by atoms with E-state index < -0.39 is 18.1 Å². The molecule has 0 aromatic carbocycles. The Kier molecular flexibility index (Phi) is 10.4. The molecule has 4 N–H and O–H groups in total. The van der Waals surface area contributed by atoms with Crippen molar-refractivity contribution >= 4 is 23.7 Å². The fourth-order valence-electron chi connectivity index (χ4n) is 3.52. The molecule has 1 unspecified atom stereocenters. The molecule has 30 heavy (non-hydrogen) atoms. The van der Waals surface area contributed by atoms with Gasteiger partial charge in [0.2, 0.25) is 5.91 Å². The minimum absolute atomic E-state index is 0.0624. The van der Waals surface area contributed by atoms with Crippen LogP contribution in [0, 0.1) is 5.92 Å². The average Bonchev–Trinajstić information content (AvgIpc) is 3.14. The van der Waals surface area contributed by atoms with E-state index in [4.69, 9.17) is 9.57 Å². The molecule has 2 rings (SSSR count). The van der Waals surface area contributed by atoms with Crippen molar-refractivity contribution in [2.75, 3.05) is 26.2 Å². The zero-order valence-corrected chi connectivity index (χ0v) is 17.7. The van der Waals surface area contributed by atoms with Gasteiger partial charge in [-0.2, -0.15) is 0 Å². The summed E-state index contributed by atoms with van der Waals surface area (Å²) < 4.78 is 4.91. The first-order chi connectivity index (χ1) is 14.5. The van der Waals surface area contributed by atoms with Crippen molar-refractivity contribution in [3.63, 3.8) is 0 Å². The summed E-state index contributed by atoms with van der Waals surface area (Å²) in [5.41, 5.74) is 1.01. The zero-order valence-electron chi connectivity index (χ0n) is 17.7. The third-order valence-corrected chi connectivity index (χ3v) is 5.27. The number of oxime groups is 1. The lowest BCUT2D eigenvalue weighted by molar-refractivity contribution is -0.139. The number of carboxylic acid groups (broad SMARTS) is 1. The van der Waals surface area contributed by atoms with Crippen LogP contribution in [0.5, 0.6) is 0 Å². The molecule has 170 valence electrons. The van der Waals surface area contributed by atoms with Gasteiger partial charge in [-0.25, -0.2) is 9.59 Å². The van der Waals surface area contributed by atoms with Gasteiger partial charge in [0.05, 0.1) is 18.7 Å². The summed E-state index contributed by atoms with van der Waals surface area (Å²) in [7, 11) is 0. The molecule has 2 atom stereocenters. The largest absolute Gasteiger partial charge is 0.480 e. The number of carboxylic acids is 1. The van der Waals surface area contributed by atoms with Crippen LogP contribution in [0.2, 0.25) is 0 Å². The molecule has 0 saturated carbocycles. The van der Waals surface area contributed by atoms with Gasteiger partial charge in [0, 0.05) is 13.0 Å². The van der Waals surface area contributed by atoms with Crippen LogP contribution < -0.4 is 16.0 Å². The topological polar surface area (TPSA) is 138 Å². The van der Waals surface area contributed by atoms with Crippen LogP contribution in [0.15, 0.2) is 5.16 Å². The Morgan fingerprint density at radius 1 is 1.33 bits per heavy atom. The Hall–Kier alpha value is -2.36. The van der Waals surface area contributed by atoms with E-state index in [1.165, 1.54) is 0 Å². The Balaban J connectivity index is 1.61. The van der Waals surface area contributed by atoms with E-state index >= 15 is 0 Å². The lowest BCUT2D eigenvalue weighted by Gasteiger charge is -2.21. The van der Waals surface area contributed by atoms with Crippen LogP contribution in [-0.4, -0.2) is 67.2 Å². The third-order valence-electron chi connectivity index (χ3n) is 5.27. The first kappa shape index (κ1) is 23.9. The van der Waals surface area contributed by atoms with Crippen molar-refractivity contribution in [1.29, 1.82) is 0 Å². The van der Waals surface area contributed by atoms with Gasteiger partial charge in [0.15, 0.2) is 0 Å². The second-order valence-electron chi connectivity index (χ2n) is 7.85. The molecule has 2 heterocycles. The zero-order chi connectivity index (χ0) is 21.8. The van der Waals surface area contributed by atoms with Gasteiger partial charge in [0.25, 0.3) is 0 Å². The summed E-state index contributed by atoms with van der Waals surface area (Å²) in [5, 5.41) is 21.7. The normalized spacial score (nSPS) is 20.0. The number of piperidine rings is 1. The van der Waals surface area contributed by atoms with Gasteiger partial charge in [-0.1, -0.05) is 18.5 Å². The molecule has 0 spiro atoms. The number of alkyl carbamates (subject to hydrolysis) is 1. The van der Waals surface area contributed by atoms with E-state index in [-0.39, 0.29) is 38.0 Å². The number of unbranched alkanes of at least 4 members (excludes halogenated alkanes) is 1. The van der Waals surface area contributed by atoms with Gasteiger partial charge in [-0.3, -0.25) is 4.79 Å². The highest BCUT2D eigenvalue weighted by atomic mass is 16.6. The number of rotatable bonds is 12. The number of ether oxygens (including phenoxy) is 1. The Bertz CT molecular complexity index is 606. The molecule has 10 heteroatoms. The lowest BCUT2D eigenvalue weighted by atomic mass is 9.91. The average molecular weight is 427 g/mol. The van der Waals surface area contributed by atoms with Gasteiger partial charge in [-0.15, -0.1) is 0 Å². The Morgan fingerprint density at radius 3 is 2.80 bits per heavy atom. The van der Waals surface area contributed by atoms with E-state index in [1.54, 1.807) is 0 Å². The first-order valence-corrected chi connectivity index (χ1v) is 10.8. The maximum atomic E-state index is 12.1. The maximum absolute atomic E-state index is 12.1. The number of nitrogens with zero attached hydrogens (tertiary/aromatic N) is 1. The predicted molar refractivity (Wildman–Crippen MR) is 110 cm³/mol. The van der Waals surface area contributed by atoms with Crippen LogP contribution >= 0.6 is 0 Å². The second kappa shape index (κ2) is 13.0. The van der Waals surface area contributed by atoms with Gasteiger partial charge >= 0.3 is 12.1 Å². The quantitative estimate of drug-likeness (QED) is 0.346. The summed E-state index contributed by atoms with van der Waals surface area (Å²) in [6, 6.07) is -1.12. The molecule has 2 amide bonds. The number of aliphatic carboxylic acids is 1. The maximum Gasteiger partial charge on any atom is 0.407 e. The predicted octanol–water partition coefficient (Wildman–Crippen LogP) is 1.40. The molecule has 0 bridgehead atoms. The van der Waals surface area contributed by atoms with Crippen LogP contribution in [0.3, 0.4) is 0 Å². The van der Waals surface area contributed by atoms with E-state index in [0.717, 1.165) is 44.5 Å². The summed E-state index contributed by atoms with van der Waals surface area (Å²) in [6.07, 6.45) is 4.62. The molecule has 2 aliphatic heterocycles. The summed E-state index contributed by atoms with van der Waals surface area (Å²) in [5.74, 6) is -0.782. The molecule has 2 aliphatic rings. The Morgan fingerprint density at radius 2 is 2.10 bits per heavy atom. The molecular weight excluding hydrogens is 392 g/mol. The second-order valence-corrected chi connectivity index (χ2v) is 7.85. The van der Waals surface area contributed by atoms with Crippen LogP contribution in [0.4, 0.5) is 4.79 Å². The van der Waals surface area contributed by atoms with Crippen molar-refractivity contribution in [1.82, 2.24) is 16.0 Å². The van der Waals surface area contributed by atoms with Crippen LogP contribution in [0.25, 0.3) is 0 Å². The van der Waals surface area contributed by atoms with Crippen LogP contribution in [0.1, 0.15) is 58.3 Å². The minimum atomic E-state index is -1.17. The van der Waals surface area contributed by atoms with Crippen molar-refractivity contribution < 1.29 is 29.1 Å². The van der Waals surface area contributed by atoms with Gasteiger partial charge in [0.1, 0.15) is 12.1 Å². The fraction of sp³-hybridized carbons (Fsp3) is 0.800. The van der Waals surface area contributed by atoms with Crippen molar-refractivity contribution in [2.24, 2.45) is 11.1 Å². The highest BCUT2D eigenvalue weighted by molar-refractivity contribution is 5.87. The highest BCUT2D eigenvalue weighted by Gasteiger charge is 2.26. The first-order valence-electron chi connectivity index (χ1n) is 10.8. The van der Waals surface area contributed by atoms with E-state index in [1.807, 2.05) is 6.92 Å². The summed E-state index contributed by atoms with van der Waals surface area (Å²) >= 11 is 0. The smallest absolute Gasteiger partial charge is 0.407 e. The number of nitrogens with one attached hydrogen (secondary N) is 3. The third kappa shape index (κ3) is 8.98. The van der Waals surface area contributed by atoms with Gasteiger partial charge in [-0.05, 0) is 51.1 Å². The van der Waals surface area contributed by atoms with Crippen molar-refractivity contribution in [3.8, 4) is 0 Å². The molecular formula is C20H34N4O6. The number of carbonyl (C=O) groups is 3. The number of amides is 2. The number of hydrogen-bond donors (Lipinski definition) is 4. The number of carbonyl (C=O) groups excluding carboxylic acids is 2. The summed E-state index contributed by atoms with van der Waals surface area (Å²) in [4.78, 5) is 40.4. The molecule has 10 nitrogen and oxygen atoms in total. The molecule has 0 aromatic rings. The van der Waals surface area contributed by atoms with E-state index in [0.29, 0.717) is 18.8 Å². The van der Waals surface area contributed by atoms with Crippen molar-refractivity contribution in [2.45, 2.75) is 70.4 Å². The van der Waals surface area contributed by atoms with E-state index in [9.17, 15) is 19.5 Å². The SMILES string of the molecule is CCCCOC(=O)N[C@@H](CCNC(=O)CC1CC(CC2CCNCC2)=NO1)C(=O)O. The summed E-state index contributed by atoms with van der Waals surface area (Å²) in [6.45, 7) is 4.40. The molecule has 0 aliphatic carbocycles. The minimum Gasteiger partial charge on any atom is -0.480 e. The van der Waals surface area contributed by atoms with E-state index in [2.05, 4.69) is 21.1 Å². The van der Waals surface area contributed by atoms with Crippen LogP contribution in [-0.2, 0) is 19.2 Å². The molecule has 0 radical (unpaired) electrons. The molecule has 1 fully saturated rings. The standard InChI is InChI=1S/C20H34N4O6/c1-2-3-10-29-20(28)23-17(19(26)27)6-9-22-18(25)13-16-12-15(24-30-16)11-14-4-7-21-8-5-14/h14,16-17,21H,2-13H2,1H3,(H,22,25)(H,23,28)(H,26,27)/t16?,17-/m0/s1. The highest BCUT2D eigenvalue weighted by Crippen LogP contribution is 2.23. The monoisotopic (exact) mass is 426 g/mol. The number of hydrogen-bond acceptors (Lipinski definition) is 7. The Labute approximate surface area is 177 Å². The molecule has 1 saturated heterocycles.